The minimum atomic E-state index is -0.602. The molecular formula is C19H15ClFN3O4. The van der Waals surface area contributed by atoms with Gasteiger partial charge < -0.3 is 14.8 Å². The number of hydrogen-bond acceptors (Lipinski definition) is 5. The SMILES string of the molecule is COc1ccc(C(=O)Nc2nccn(-c3ccc(F)c(Cl)c3)c2=O)cc1OC. The first-order valence-corrected chi connectivity index (χ1v) is 8.39. The molecule has 0 bridgehead atoms. The number of aromatic nitrogens is 2. The van der Waals surface area contributed by atoms with E-state index in [2.05, 4.69) is 10.3 Å². The van der Waals surface area contributed by atoms with E-state index in [1.807, 2.05) is 0 Å². The third-order valence-electron chi connectivity index (χ3n) is 3.90. The molecule has 0 radical (unpaired) electrons. The summed E-state index contributed by atoms with van der Waals surface area (Å²) < 4.78 is 24.9. The van der Waals surface area contributed by atoms with E-state index >= 15 is 0 Å². The molecule has 144 valence electrons. The fourth-order valence-electron chi connectivity index (χ4n) is 2.49. The maximum atomic E-state index is 13.4. The first-order chi connectivity index (χ1) is 13.4. The Labute approximate surface area is 164 Å². The van der Waals surface area contributed by atoms with Crippen LogP contribution in [0.25, 0.3) is 5.69 Å². The Morgan fingerprint density at radius 3 is 2.57 bits per heavy atom. The Hall–Kier alpha value is -3.39. The average molecular weight is 404 g/mol. The number of halogens is 2. The second-order valence-corrected chi connectivity index (χ2v) is 5.98. The van der Waals surface area contributed by atoms with Crippen molar-refractivity contribution < 1.29 is 18.7 Å². The van der Waals surface area contributed by atoms with E-state index in [-0.39, 0.29) is 16.4 Å². The van der Waals surface area contributed by atoms with Crippen molar-refractivity contribution in [3.63, 3.8) is 0 Å². The van der Waals surface area contributed by atoms with E-state index in [0.717, 1.165) is 6.07 Å². The van der Waals surface area contributed by atoms with Gasteiger partial charge in [0.1, 0.15) is 5.82 Å². The standard InChI is InChI=1S/C19H15ClFN3O4/c1-27-15-6-3-11(9-16(15)28-2)18(25)23-17-19(26)24(8-7-22-17)12-4-5-14(21)13(20)10-12/h3-10H,1-2H3,(H,22,23,25). The van der Waals surface area contributed by atoms with Crippen LogP contribution in [-0.4, -0.2) is 29.7 Å². The van der Waals surface area contributed by atoms with Crippen molar-refractivity contribution in [2.45, 2.75) is 0 Å². The van der Waals surface area contributed by atoms with Crippen LogP contribution in [0.5, 0.6) is 11.5 Å². The molecule has 1 amide bonds. The summed E-state index contributed by atoms with van der Waals surface area (Å²) in [5.41, 5.74) is -0.0153. The zero-order valence-corrected chi connectivity index (χ0v) is 15.7. The van der Waals surface area contributed by atoms with Crippen molar-refractivity contribution in [2.75, 3.05) is 19.5 Å². The van der Waals surface area contributed by atoms with Crippen molar-refractivity contribution in [3.8, 4) is 17.2 Å². The molecular weight excluding hydrogens is 389 g/mol. The molecule has 1 N–H and O–H groups in total. The van der Waals surface area contributed by atoms with E-state index in [1.54, 1.807) is 6.07 Å². The van der Waals surface area contributed by atoms with E-state index in [4.69, 9.17) is 21.1 Å². The van der Waals surface area contributed by atoms with Crippen molar-refractivity contribution in [2.24, 2.45) is 0 Å². The number of rotatable bonds is 5. The quantitative estimate of drug-likeness (QED) is 0.706. The number of methoxy groups -OCH3 is 2. The minimum absolute atomic E-state index is 0.128. The predicted octanol–water partition coefficient (Wildman–Crippen LogP) is 3.29. The number of benzene rings is 2. The van der Waals surface area contributed by atoms with Gasteiger partial charge in [-0.1, -0.05) is 11.6 Å². The van der Waals surface area contributed by atoms with Gasteiger partial charge in [0.05, 0.1) is 24.9 Å². The van der Waals surface area contributed by atoms with E-state index in [9.17, 15) is 14.0 Å². The van der Waals surface area contributed by atoms with Crippen LogP contribution in [0, 0.1) is 5.82 Å². The minimum Gasteiger partial charge on any atom is -0.493 e. The lowest BCUT2D eigenvalue weighted by molar-refractivity contribution is 0.102. The summed E-state index contributed by atoms with van der Waals surface area (Å²) in [7, 11) is 2.93. The second kappa shape index (κ2) is 8.10. The van der Waals surface area contributed by atoms with Gasteiger partial charge in [0.15, 0.2) is 17.3 Å². The fourth-order valence-corrected chi connectivity index (χ4v) is 2.67. The lowest BCUT2D eigenvalue weighted by atomic mass is 10.2. The second-order valence-electron chi connectivity index (χ2n) is 5.57. The van der Waals surface area contributed by atoms with Crippen LogP contribution in [0.1, 0.15) is 10.4 Å². The van der Waals surface area contributed by atoms with Crippen LogP contribution in [0.4, 0.5) is 10.2 Å². The summed E-state index contributed by atoms with van der Waals surface area (Å²) in [6, 6.07) is 8.42. The monoisotopic (exact) mass is 403 g/mol. The summed E-state index contributed by atoms with van der Waals surface area (Å²) in [6.45, 7) is 0. The van der Waals surface area contributed by atoms with Gasteiger partial charge >= 0.3 is 0 Å². The van der Waals surface area contributed by atoms with Crippen LogP contribution in [0.15, 0.2) is 53.6 Å². The maximum Gasteiger partial charge on any atom is 0.298 e. The largest absolute Gasteiger partial charge is 0.493 e. The smallest absolute Gasteiger partial charge is 0.298 e. The van der Waals surface area contributed by atoms with E-state index in [0.29, 0.717) is 17.2 Å². The third kappa shape index (κ3) is 3.81. The van der Waals surface area contributed by atoms with Crippen molar-refractivity contribution in [3.05, 3.63) is 75.5 Å². The Bertz CT molecular complexity index is 1100. The Morgan fingerprint density at radius 1 is 1.14 bits per heavy atom. The zero-order valence-electron chi connectivity index (χ0n) is 14.9. The summed E-state index contributed by atoms with van der Waals surface area (Å²) >= 11 is 5.78. The summed E-state index contributed by atoms with van der Waals surface area (Å²) in [5, 5.41) is 2.34. The van der Waals surface area contributed by atoms with Crippen LogP contribution < -0.4 is 20.3 Å². The molecule has 3 aromatic rings. The van der Waals surface area contributed by atoms with Gasteiger partial charge in [-0.2, -0.15) is 0 Å². The molecule has 3 rings (SSSR count). The molecule has 0 atom stereocenters. The highest BCUT2D eigenvalue weighted by Gasteiger charge is 2.15. The summed E-state index contributed by atoms with van der Waals surface area (Å²) in [5.74, 6) is -0.514. The molecule has 0 aliphatic carbocycles. The van der Waals surface area contributed by atoms with Crippen LogP contribution in [0.2, 0.25) is 5.02 Å². The van der Waals surface area contributed by atoms with Gasteiger partial charge in [0.25, 0.3) is 11.5 Å². The van der Waals surface area contributed by atoms with Gasteiger partial charge in [-0.3, -0.25) is 14.2 Å². The number of carbonyl (C=O) groups is 1. The molecule has 2 aromatic carbocycles. The predicted molar refractivity (Wildman–Crippen MR) is 102 cm³/mol. The number of amides is 1. The number of carbonyl (C=O) groups excluding carboxylic acids is 1. The summed E-state index contributed by atoms with van der Waals surface area (Å²) in [4.78, 5) is 29.1. The topological polar surface area (TPSA) is 82.5 Å². The molecule has 0 spiro atoms. The fraction of sp³-hybridized carbons (Fsp3) is 0.105. The molecule has 1 aromatic heterocycles. The first kappa shape index (κ1) is 19.4. The lowest BCUT2D eigenvalue weighted by Gasteiger charge is -2.11. The van der Waals surface area contributed by atoms with Crippen LogP contribution >= 0.6 is 11.6 Å². The average Bonchev–Trinajstić information content (AvgIpc) is 2.71. The highest BCUT2D eigenvalue weighted by atomic mass is 35.5. The highest BCUT2D eigenvalue weighted by molar-refractivity contribution is 6.30. The lowest BCUT2D eigenvalue weighted by Crippen LogP contribution is -2.26. The Morgan fingerprint density at radius 2 is 1.89 bits per heavy atom. The van der Waals surface area contributed by atoms with Crippen LogP contribution in [-0.2, 0) is 0 Å². The van der Waals surface area contributed by atoms with Crippen molar-refractivity contribution in [1.82, 2.24) is 9.55 Å². The Balaban J connectivity index is 1.92. The molecule has 0 aliphatic heterocycles. The van der Waals surface area contributed by atoms with Gasteiger partial charge in [0, 0.05) is 18.0 Å². The van der Waals surface area contributed by atoms with Crippen LogP contribution in [0.3, 0.4) is 0 Å². The van der Waals surface area contributed by atoms with Gasteiger partial charge in [-0.15, -0.1) is 0 Å². The van der Waals surface area contributed by atoms with Gasteiger partial charge in [-0.25, -0.2) is 9.37 Å². The van der Waals surface area contributed by atoms with E-state index in [1.165, 1.54) is 55.4 Å². The molecule has 9 heteroatoms. The third-order valence-corrected chi connectivity index (χ3v) is 4.19. The zero-order chi connectivity index (χ0) is 20.3. The van der Waals surface area contributed by atoms with Gasteiger partial charge in [0.2, 0.25) is 0 Å². The highest BCUT2D eigenvalue weighted by Crippen LogP contribution is 2.27. The number of hydrogen-bond donors (Lipinski definition) is 1. The summed E-state index contributed by atoms with van der Waals surface area (Å²) in [6.07, 6.45) is 2.72. The van der Waals surface area contributed by atoms with Gasteiger partial charge in [-0.05, 0) is 36.4 Å². The Kier molecular flexibility index (Phi) is 5.60. The maximum absolute atomic E-state index is 13.4. The number of nitrogens with one attached hydrogen (secondary N) is 1. The number of ether oxygens (including phenoxy) is 2. The molecule has 0 unspecified atom stereocenters. The number of nitrogens with zero attached hydrogens (tertiary/aromatic N) is 2. The van der Waals surface area contributed by atoms with Crippen molar-refractivity contribution >= 4 is 23.3 Å². The molecule has 0 saturated heterocycles. The van der Waals surface area contributed by atoms with E-state index < -0.39 is 17.3 Å². The molecule has 0 saturated carbocycles. The van der Waals surface area contributed by atoms with Crippen molar-refractivity contribution in [1.29, 1.82) is 0 Å². The normalized spacial score (nSPS) is 10.4. The molecule has 7 nitrogen and oxygen atoms in total. The number of anilines is 1. The molecule has 0 aliphatic rings. The first-order valence-electron chi connectivity index (χ1n) is 8.01. The molecule has 0 fully saturated rings. The molecule has 28 heavy (non-hydrogen) atoms. The molecule has 1 heterocycles.